The molecule has 3 aromatic rings. The summed E-state index contributed by atoms with van der Waals surface area (Å²) in [6.45, 7) is 0. The largest absolute Gasteiger partial charge is 0.270 e. The SMILES string of the molecule is NNC(c1ccc(F)cn1)c1ccnn1-c1ccccc1. The summed E-state index contributed by atoms with van der Waals surface area (Å²) in [5.41, 5.74) is 5.07. The van der Waals surface area contributed by atoms with Crippen LogP contribution in [-0.4, -0.2) is 14.8 Å². The van der Waals surface area contributed by atoms with Gasteiger partial charge in [0.05, 0.1) is 23.3 Å². The first-order chi connectivity index (χ1) is 10.3. The van der Waals surface area contributed by atoms with Gasteiger partial charge in [0.2, 0.25) is 0 Å². The second kappa shape index (κ2) is 5.82. The molecule has 0 aliphatic carbocycles. The summed E-state index contributed by atoms with van der Waals surface area (Å²) < 4.78 is 14.8. The fourth-order valence-electron chi connectivity index (χ4n) is 2.20. The monoisotopic (exact) mass is 283 g/mol. The van der Waals surface area contributed by atoms with Crippen molar-refractivity contribution in [3.8, 4) is 5.69 Å². The van der Waals surface area contributed by atoms with Gasteiger partial charge in [-0.05, 0) is 30.3 Å². The number of para-hydroxylation sites is 1. The van der Waals surface area contributed by atoms with E-state index in [1.54, 1.807) is 16.9 Å². The molecular formula is C15H14FN5. The van der Waals surface area contributed by atoms with Crippen molar-refractivity contribution in [2.75, 3.05) is 0 Å². The highest BCUT2D eigenvalue weighted by Gasteiger charge is 2.19. The van der Waals surface area contributed by atoms with Crippen molar-refractivity contribution < 1.29 is 4.39 Å². The van der Waals surface area contributed by atoms with Crippen molar-refractivity contribution in [2.24, 2.45) is 5.84 Å². The average molecular weight is 283 g/mol. The Morgan fingerprint density at radius 2 is 1.90 bits per heavy atom. The first-order valence-electron chi connectivity index (χ1n) is 6.46. The number of nitrogens with two attached hydrogens (primary N) is 1. The summed E-state index contributed by atoms with van der Waals surface area (Å²) in [6, 6.07) is 14.1. The number of pyridine rings is 1. The number of halogens is 1. The van der Waals surface area contributed by atoms with Gasteiger partial charge in [0.1, 0.15) is 11.9 Å². The van der Waals surface area contributed by atoms with Crippen LogP contribution in [0, 0.1) is 5.82 Å². The highest BCUT2D eigenvalue weighted by atomic mass is 19.1. The van der Waals surface area contributed by atoms with Gasteiger partial charge >= 0.3 is 0 Å². The molecule has 0 radical (unpaired) electrons. The molecule has 0 fully saturated rings. The fourth-order valence-corrected chi connectivity index (χ4v) is 2.20. The normalized spacial score (nSPS) is 12.3. The zero-order valence-corrected chi connectivity index (χ0v) is 11.1. The highest BCUT2D eigenvalue weighted by Crippen LogP contribution is 2.22. The third kappa shape index (κ3) is 2.67. The summed E-state index contributed by atoms with van der Waals surface area (Å²) in [5.74, 6) is 5.27. The molecule has 0 amide bonds. The number of hydrazine groups is 1. The van der Waals surface area contributed by atoms with E-state index in [0.717, 1.165) is 11.4 Å². The molecule has 1 atom stereocenters. The molecule has 0 saturated heterocycles. The summed E-state index contributed by atoms with van der Waals surface area (Å²) in [4.78, 5) is 4.08. The number of hydrogen-bond acceptors (Lipinski definition) is 4. The predicted octanol–water partition coefficient (Wildman–Crippen LogP) is 1.96. The minimum atomic E-state index is -0.383. The van der Waals surface area contributed by atoms with E-state index in [4.69, 9.17) is 5.84 Å². The van der Waals surface area contributed by atoms with E-state index in [0.29, 0.717) is 5.69 Å². The molecule has 5 nitrogen and oxygen atoms in total. The van der Waals surface area contributed by atoms with Crippen molar-refractivity contribution in [1.29, 1.82) is 0 Å². The highest BCUT2D eigenvalue weighted by molar-refractivity contribution is 5.35. The van der Waals surface area contributed by atoms with Crippen LogP contribution in [0.4, 0.5) is 4.39 Å². The van der Waals surface area contributed by atoms with Crippen LogP contribution in [-0.2, 0) is 0 Å². The second-order valence-corrected chi connectivity index (χ2v) is 4.50. The van der Waals surface area contributed by atoms with Gasteiger partial charge in [-0.25, -0.2) is 14.5 Å². The topological polar surface area (TPSA) is 68.8 Å². The Hall–Kier alpha value is -2.57. The quantitative estimate of drug-likeness (QED) is 0.567. The third-order valence-corrected chi connectivity index (χ3v) is 3.18. The van der Waals surface area contributed by atoms with Gasteiger partial charge < -0.3 is 0 Å². The van der Waals surface area contributed by atoms with Crippen LogP contribution in [0.3, 0.4) is 0 Å². The van der Waals surface area contributed by atoms with Crippen LogP contribution < -0.4 is 11.3 Å². The van der Waals surface area contributed by atoms with Crippen molar-refractivity contribution in [3.05, 3.63) is 78.1 Å². The lowest BCUT2D eigenvalue weighted by molar-refractivity contribution is 0.573. The molecule has 3 N–H and O–H groups in total. The summed E-state index contributed by atoms with van der Waals surface area (Å²) in [7, 11) is 0. The summed E-state index contributed by atoms with van der Waals surface area (Å²) >= 11 is 0. The third-order valence-electron chi connectivity index (χ3n) is 3.18. The number of hydrogen-bond donors (Lipinski definition) is 2. The summed E-state index contributed by atoms with van der Waals surface area (Å²) in [5, 5.41) is 4.32. The minimum Gasteiger partial charge on any atom is -0.270 e. The van der Waals surface area contributed by atoms with Gasteiger partial charge in [-0.2, -0.15) is 5.10 Å². The molecule has 0 aliphatic heterocycles. The fraction of sp³-hybridized carbons (Fsp3) is 0.0667. The Bertz CT molecular complexity index is 708. The minimum absolute atomic E-state index is 0.381. The van der Waals surface area contributed by atoms with Gasteiger partial charge in [-0.15, -0.1) is 0 Å². The molecule has 2 aromatic heterocycles. The molecule has 0 spiro atoms. The lowest BCUT2D eigenvalue weighted by Gasteiger charge is -2.17. The van der Waals surface area contributed by atoms with Crippen LogP contribution in [0.1, 0.15) is 17.4 Å². The molecule has 1 aromatic carbocycles. The molecule has 21 heavy (non-hydrogen) atoms. The Morgan fingerprint density at radius 3 is 2.57 bits per heavy atom. The van der Waals surface area contributed by atoms with Crippen molar-refractivity contribution in [1.82, 2.24) is 20.2 Å². The predicted molar refractivity (Wildman–Crippen MR) is 76.9 cm³/mol. The second-order valence-electron chi connectivity index (χ2n) is 4.50. The maximum atomic E-state index is 13.0. The molecular weight excluding hydrogens is 269 g/mol. The number of nitrogens with one attached hydrogen (secondary N) is 1. The lowest BCUT2D eigenvalue weighted by Crippen LogP contribution is -2.31. The lowest BCUT2D eigenvalue weighted by atomic mass is 10.1. The van der Waals surface area contributed by atoms with Gasteiger partial charge in [0.25, 0.3) is 0 Å². The standard InChI is InChI=1S/C15H14FN5/c16-11-6-7-13(18-10-11)15(20-17)14-8-9-19-21(14)12-4-2-1-3-5-12/h1-10,15,20H,17H2. The van der Waals surface area contributed by atoms with E-state index in [9.17, 15) is 4.39 Å². The van der Waals surface area contributed by atoms with Crippen molar-refractivity contribution in [3.63, 3.8) is 0 Å². The van der Waals surface area contributed by atoms with E-state index in [-0.39, 0.29) is 11.9 Å². The molecule has 106 valence electrons. The molecule has 0 saturated carbocycles. The van der Waals surface area contributed by atoms with E-state index >= 15 is 0 Å². The molecule has 1 unspecified atom stereocenters. The summed E-state index contributed by atoms with van der Waals surface area (Å²) in [6.07, 6.45) is 2.86. The van der Waals surface area contributed by atoms with Crippen molar-refractivity contribution >= 4 is 0 Å². The van der Waals surface area contributed by atoms with E-state index < -0.39 is 0 Å². The van der Waals surface area contributed by atoms with Crippen LogP contribution in [0.2, 0.25) is 0 Å². The number of benzene rings is 1. The van der Waals surface area contributed by atoms with Gasteiger partial charge in [0.15, 0.2) is 0 Å². The zero-order valence-electron chi connectivity index (χ0n) is 11.1. The van der Waals surface area contributed by atoms with Gasteiger partial charge in [0, 0.05) is 6.20 Å². The Kier molecular flexibility index (Phi) is 3.72. The smallest absolute Gasteiger partial charge is 0.141 e. The molecule has 0 bridgehead atoms. The number of aromatic nitrogens is 3. The Balaban J connectivity index is 2.03. The average Bonchev–Trinajstić information content (AvgIpc) is 3.00. The maximum Gasteiger partial charge on any atom is 0.141 e. The number of nitrogens with zero attached hydrogens (tertiary/aromatic N) is 3. The Morgan fingerprint density at radius 1 is 1.10 bits per heavy atom. The van der Waals surface area contributed by atoms with Gasteiger partial charge in [-0.3, -0.25) is 10.8 Å². The van der Waals surface area contributed by atoms with Crippen LogP contribution in [0.5, 0.6) is 0 Å². The van der Waals surface area contributed by atoms with E-state index in [2.05, 4.69) is 15.5 Å². The van der Waals surface area contributed by atoms with Gasteiger partial charge in [-0.1, -0.05) is 18.2 Å². The first-order valence-corrected chi connectivity index (χ1v) is 6.46. The first kappa shape index (κ1) is 13.4. The maximum absolute atomic E-state index is 13.0. The zero-order chi connectivity index (χ0) is 14.7. The van der Waals surface area contributed by atoms with Crippen LogP contribution in [0.25, 0.3) is 5.69 Å². The van der Waals surface area contributed by atoms with Crippen molar-refractivity contribution in [2.45, 2.75) is 6.04 Å². The molecule has 3 rings (SSSR count). The molecule has 2 heterocycles. The van der Waals surface area contributed by atoms with Crippen LogP contribution in [0.15, 0.2) is 60.9 Å². The number of rotatable bonds is 4. The van der Waals surface area contributed by atoms with E-state index in [1.165, 1.54) is 12.3 Å². The van der Waals surface area contributed by atoms with Crippen LogP contribution >= 0.6 is 0 Å². The molecule has 0 aliphatic rings. The Labute approximate surface area is 121 Å². The van der Waals surface area contributed by atoms with E-state index in [1.807, 2.05) is 36.4 Å². The molecule has 6 heteroatoms.